The highest BCUT2D eigenvalue weighted by molar-refractivity contribution is 5.98. The number of fused-ring (bicyclic) bond motifs is 1. The van der Waals surface area contributed by atoms with Gasteiger partial charge < -0.3 is 29.9 Å². The Labute approximate surface area is 214 Å². The molecular weight excluding hydrogens is 472 g/mol. The van der Waals surface area contributed by atoms with Crippen LogP contribution in [0.4, 0.5) is 23.0 Å². The number of benzene rings is 1. The molecule has 3 aromatic heterocycles. The molecule has 1 fully saturated rings. The molecule has 2 N–H and O–H groups in total. The van der Waals surface area contributed by atoms with E-state index >= 15 is 0 Å². The van der Waals surface area contributed by atoms with Crippen LogP contribution in [0.1, 0.15) is 0 Å². The molecule has 1 aromatic carbocycles. The van der Waals surface area contributed by atoms with Crippen molar-refractivity contribution in [1.82, 2.24) is 24.5 Å². The average Bonchev–Trinajstić information content (AvgIpc) is 3.39. The number of ether oxygens (including phenoxy) is 2. The second-order valence-corrected chi connectivity index (χ2v) is 8.56. The van der Waals surface area contributed by atoms with Crippen LogP contribution in [-0.4, -0.2) is 70.7 Å². The minimum atomic E-state index is -0.304. The summed E-state index contributed by atoms with van der Waals surface area (Å²) in [4.78, 5) is 25.5. The molecule has 0 spiro atoms. The minimum absolute atomic E-state index is 0.304. The summed E-state index contributed by atoms with van der Waals surface area (Å²) in [7, 11) is 3.75. The molecule has 0 aliphatic carbocycles. The molecule has 11 heteroatoms. The average molecular weight is 501 g/mol. The normalized spacial score (nSPS) is 13.8. The molecule has 190 valence electrons. The Bertz CT molecular complexity index is 1430. The van der Waals surface area contributed by atoms with Gasteiger partial charge in [0.2, 0.25) is 11.8 Å². The van der Waals surface area contributed by atoms with Crippen molar-refractivity contribution >= 4 is 34.6 Å². The van der Waals surface area contributed by atoms with Gasteiger partial charge in [-0.25, -0.2) is 9.97 Å². The Balaban J connectivity index is 1.40. The number of nitrogens with one attached hydrogen (secondary N) is 2. The molecule has 11 nitrogen and oxygen atoms in total. The second kappa shape index (κ2) is 10.5. The van der Waals surface area contributed by atoms with Gasteiger partial charge >= 0.3 is 0 Å². The zero-order chi connectivity index (χ0) is 25.8. The van der Waals surface area contributed by atoms with Gasteiger partial charge in [-0.05, 0) is 25.3 Å². The number of hydrogen-bond acceptors (Lipinski definition) is 9. The van der Waals surface area contributed by atoms with E-state index < -0.39 is 0 Å². The van der Waals surface area contributed by atoms with Crippen LogP contribution in [0.5, 0.6) is 17.4 Å². The number of amides is 1. The zero-order valence-electron chi connectivity index (χ0n) is 20.7. The van der Waals surface area contributed by atoms with Gasteiger partial charge in [0.05, 0.1) is 25.2 Å². The predicted octanol–water partition coefficient (Wildman–Crippen LogP) is 3.55. The Morgan fingerprint density at radius 1 is 1.14 bits per heavy atom. The lowest BCUT2D eigenvalue weighted by Crippen LogP contribution is -2.44. The number of likely N-dealkylation sites (N-methyl/N-ethyl adjacent to an activating group) is 1. The van der Waals surface area contributed by atoms with E-state index in [2.05, 4.69) is 49.1 Å². The van der Waals surface area contributed by atoms with Crippen molar-refractivity contribution in [2.75, 3.05) is 55.9 Å². The van der Waals surface area contributed by atoms with Crippen LogP contribution in [-0.2, 0) is 4.79 Å². The zero-order valence-corrected chi connectivity index (χ0v) is 20.7. The number of carbonyl (C=O) groups excluding carboxylic acids is 1. The van der Waals surface area contributed by atoms with Crippen LogP contribution in [0.3, 0.4) is 0 Å². The summed E-state index contributed by atoms with van der Waals surface area (Å²) in [6.45, 7) is 7.36. The van der Waals surface area contributed by atoms with Crippen molar-refractivity contribution in [3.05, 3.63) is 67.5 Å². The van der Waals surface area contributed by atoms with E-state index in [4.69, 9.17) is 9.47 Å². The van der Waals surface area contributed by atoms with Gasteiger partial charge in [-0.15, -0.1) is 0 Å². The van der Waals surface area contributed by atoms with Gasteiger partial charge in [-0.1, -0.05) is 12.6 Å². The lowest BCUT2D eigenvalue weighted by molar-refractivity contribution is -0.111. The number of aromatic nitrogens is 4. The van der Waals surface area contributed by atoms with E-state index in [9.17, 15) is 4.79 Å². The van der Waals surface area contributed by atoms with Crippen LogP contribution >= 0.6 is 0 Å². The summed E-state index contributed by atoms with van der Waals surface area (Å²) in [5, 5.41) is 10.3. The number of rotatable bonds is 8. The van der Waals surface area contributed by atoms with Crippen molar-refractivity contribution < 1.29 is 14.3 Å². The third kappa shape index (κ3) is 5.46. The van der Waals surface area contributed by atoms with Gasteiger partial charge in [-0.3, -0.25) is 4.79 Å². The first-order chi connectivity index (χ1) is 18.0. The van der Waals surface area contributed by atoms with E-state index in [-0.39, 0.29) is 5.91 Å². The van der Waals surface area contributed by atoms with Gasteiger partial charge in [0, 0.05) is 56.1 Å². The molecule has 5 rings (SSSR count). The van der Waals surface area contributed by atoms with E-state index in [1.54, 1.807) is 54.2 Å². The predicted molar refractivity (Wildman–Crippen MR) is 142 cm³/mol. The summed E-state index contributed by atoms with van der Waals surface area (Å²) >= 11 is 0. The fraction of sp³-hybridized carbons (Fsp3) is 0.231. The molecule has 0 saturated carbocycles. The molecule has 4 heterocycles. The summed E-state index contributed by atoms with van der Waals surface area (Å²) < 4.78 is 13.4. The van der Waals surface area contributed by atoms with Gasteiger partial charge in [0.1, 0.15) is 11.6 Å². The third-order valence-corrected chi connectivity index (χ3v) is 6.01. The minimum Gasteiger partial charge on any atom is -0.493 e. The van der Waals surface area contributed by atoms with Crippen LogP contribution in [0.25, 0.3) is 5.65 Å². The molecular formula is C26H28N8O3. The maximum Gasteiger partial charge on any atom is 0.247 e. The molecule has 37 heavy (non-hydrogen) atoms. The van der Waals surface area contributed by atoms with E-state index in [0.717, 1.165) is 31.9 Å². The molecule has 0 atom stereocenters. The third-order valence-electron chi connectivity index (χ3n) is 6.01. The maximum atomic E-state index is 11.7. The van der Waals surface area contributed by atoms with Gasteiger partial charge in [0.15, 0.2) is 17.2 Å². The van der Waals surface area contributed by atoms with Crippen LogP contribution in [0.15, 0.2) is 67.5 Å². The Kier molecular flexibility index (Phi) is 6.86. The number of methoxy groups -OCH3 is 1. The maximum absolute atomic E-state index is 11.7. The first-order valence-corrected chi connectivity index (χ1v) is 11.8. The Hall–Kier alpha value is -4.64. The van der Waals surface area contributed by atoms with Crippen LogP contribution < -0.4 is 25.0 Å². The topological polar surface area (TPSA) is 109 Å². The molecule has 0 radical (unpaired) electrons. The summed E-state index contributed by atoms with van der Waals surface area (Å²) in [5.41, 5.74) is 2.19. The number of hydrogen-bond donors (Lipinski definition) is 2. The Morgan fingerprint density at radius 3 is 2.76 bits per heavy atom. The quantitative estimate of drug-likeness (QED) is 0.351. The molecule has 0 unspecified atom stereocenters. The van der Waals surface area contributed by atoms with E-state index in [0.29, 0.717) is 40.3 Å². The summed E-state index contributed by atoms with van der Waals surface area (Å²) in [5.74, 6) is 2.30. The fourth-order valence-electron chi connectivity index (χ4n) is 4.02. The molecule has 1 amide bonds. The number of pyridine rings is 1. The van der Waals surface area contributed by atoms with E-state index in [1.807, 2.05) is 12.3 Å². The second-order valence-electron chi connectivity index (χ2n) is 8.56. The lowest BCUT2D eigenvalue weighted by atomic mass is 10.2. The monoisotopic (exact) mass is 500 g/mol. The molecule has 0 bridgehead atoms. The van der Waals surface area contributed by atoms with Crippen molar-refractivity contribution in [1.29, 1.82) is 0 Å². The molecule has 1 saturated heterocycles. The number of anilines is 4. The largest absolute Gasteiger partial charge is 0.493 e. The fourth-order valence-corrected chi connectivity index (χ4v) is 4.02. The highest BCUT2D eigenvalue weighted by Gasteiger charge is 2.18. The number of piperazine rings is 1. The summed E-state index contributed by atoms with van der Waals surface area (Å²) in [6, 6.07) is 12.5. The highest BCUT2D eigenvalue weighted by Crippen LogP contribution is 2.32. The van der Waals surface area contributed by atoms with Crippen molar-refractivity contribution in [3.8, 4) is 17.4 Å². The van der Waals surface area contributed by atoms with E-state index in [1.165, 1.54) is 6.08 Å². The number of carbonyl (C=O) groups is 1. The van der Waals surface area contributed by atoms with Crippen LogP contribution in [0.2, 0.25) is 0 Å². The Morgan fingerprint density at radius 2 is 1.97 bits per heavy atom. The van der Waals surface area contributed by atoms with Crippen molar-refractivity contribution in [3.63, 3.8) is 0 Å². The highest BCUT2D eigenvalue weighted by atomic mass is 16.5. The first-order valence-electron chi connectivity index (χ1n) is 11.8. The van der Waals surface area contributed by atoms with Crippen molar-refractivity contribution in [2.24, 2.45) is 0 Å². The lowest BCUT2D eigenvalue weighted by Gasteiger charge is -2.34. The SMILES string of the molecule is C=CC(=O)Nc1cccc(Oc2cc(Nc3ncc(N4CCN(C)CC4)cc3OC)nc3ccnn23)c1. The van der Waals surface area contributed by atoms with Gasteiger partial charge in [0.25, 0.3) is 0 Å². The van der Waals surface area contributed by atoms with Crippen molar-refractivity contribution in [2.45, 2.75) is 0 Å². The molecule has 1 aliphatic rings. The standard InChI is InChI=1S/C26H28N8O3/c1-4-24(35)29-18-6-5-7-20(14-18)37-25-16-22(30-23-8-9-28-34(23)25)31-26-21(36-3)15-19(17-27-26)33-12-10-32(2)11-13-33/h4-9,14-17H,1,10-13H2,2-3H3,(H,29,35)(H,27,30,31). The van der Waals surface area contributed by atoms with Crippen LogP contribution in [0, 0.1) is 0 Å². The smallest absolute Gasteiger partial charge is 0.247 e. The molecule has 4 aromatic rings. The number of nitrogens with zero attached hydrogens (tertiary/aromatic N) is 6. The first kappa shape index (κ1) is 24.1. The van der Waals surface area contributed by atoms with Gasteiger partial charge in [-0.2, -0.15) is 9.61 Å². The molecule has 1 aliphatic heterocycles. The summed E-state index contributed by atoms with van der Waals surface area (Å²) in [6.07, 6.45) is 4.69.